The molecule has 0 saturated carbocycles. The summed E-state index contributed by atoms with van der Waals surface area (Å²) in [6.07, 6.45) is 1.52. The van der Waals surface area contributed by atoms with Crippen LogP contribution in [0.2, 0.25) is 5.02 Å². The van der Waals surface area contributed by atoms with Crippen LogP contribution in [0.4, 0.5) is 9.18 Å². The molecule has 11 heteroatoms. The van der Waals surface area contributed by atoms with Gasteiger partial charge in [-0.05, 0) is 12.1 Å². The van der Waals surface area contributed by atoms with Gasteiger partial charge in [0.05, 0.1) is 32.7 Å². The molecule has 0 bridgehead atoms. The number of aromatic amines is 1. The Morgan fingerprint density at radius 1 is 1.37 bits per heavy atom. The fourth-order valence-corrected chi connectivity index (χ4v) is 3.51. The van der Waals surface area contributed by atoms with E-state index in [0.717, 1.165) is 18.9 Å². The van der Waals surface area contributed by atoms with Gasteiger partial charge in [-0.1, -0.05) is 17.7 Å². The van der Waals surface area contributed by atoms with Crippen LogP contribution in [0.25, 0.3) is 0 Å². The molecule has 2 aromatic rings. The Balaban J connectivity index is 1.93. The second-order valence-electron chi connectivity index (χ2n) is 6.58. The summed E-state index contributed by atoms with van der Waals surface area (Å²) in [5.74, 6) is -2.10. The minimum Gasteiger partial charge on any atom is -0.469 e. The zero-order chi connectivity index (χ0) is 21.8. The Morgan fingerprint density at radius 3 is 2.80 bits per heavy atom. The molecule has 30 heavy (non-hydrogen) atoms. The number of fused-ring (bicyclic) bond motifs is 1. The molecule has 2 atom stereocenters. The smallest absolute Gasteiger partial charge is 0.329 e. The molecule has 160 valence electrons. The molecule has 0 aliphatic carbocycles. The topological polar surface area (TPSA) is 114 Å². The molecule has 0 saturated heterocycles. The van der Waals surface area contributed by atoms with Crippen molar-refractivity contribution in [3.63, 3.8) is 0 Å². The number of nitrogens with zero attached hydrogens (tertiary/aromatic N) is 2. The molecule has 2 amide bonds. The van der Waals surface area contributed by atoms with Crippen LogP contribution in [0.3, 0.4) is 0 Å². The number of hydrogen-bond donors (Lipinski definition) is 2. The van der Waals surface area contributed by atoms with Crippen LogP contribution < -0.4 is 5.32 Å². The number of imidazole rings is 1. The van der Waals surface area contributed by atoms with Gasteiger partial charge in [0.1, 0.15) is 17.9 Å². The van der Waals surface area contributed by atoms with Crippen molar-refractivity contribution < 1.29 is 28.2 Å². The van der Waals surface area contributed by atoms with E-state index in [1.165, 1.54) is 30.5 Å². The van der Waals surface area contributed by atoms with Crippen LogP contribution >= 0.6 is 11.6 Å². The van der Waals surface area contributed by atoms with Crippen LogP contribution in [0.5, 0.6) is 0 Å². The van der Waals surface area contributed by atoms with Gasteiger partial charge >= 0.3 is 18.0 Å². The van der Waals surface area contributed by atoms with Gasteiger partial charge in [-0.3, -0.25) is 4.79 Å². The molecular formula is C19H20ClFN4O5. The first-order valence-corrected chi connectivity index (χ1v) is 9.42. The highest BCUT2D eigenvalue weighted by Crippen LogP contribution is 2.35. The van der Waals surface area contributed by atoms with Crippen molar-refractivity contribution in [1.29, 1.82) is 0 Å². The van der Waals surface area contributed by atoms with Crippen LogP contribution in [-0.2, 0) is 25.5 Å². The van der Waals surface area contributed by atoms with Crippen LogP contribution in [-0.4, -0.2) is 59.6 Å². The maximum absolute atomic E-state index is 14.7. The number of carbonyl (C=O) groups is 3. The predicted octanol–water partition coefficient (Wildman–Crippen LogP) is 1.96. The molecule has 2 unspecified atom stereocenters. The van der Waals surface area contributed by atoms with Crippen molar-refractivity contribution in [3.05, 3.63) is 52.3 Å². The van der Waals surface area contributed by atoms with Gasteiger partial charge in [-0.2, -0.15) is 0 Å². The standard InChI is InChI=1S/C19H20ClFN4O5/c1-29-15(26)8-14(18(27)30-2)24-19(28)25-6-5-13-16(23-9-22-13)17(25)11-4-3-10(20)7-12(11)21/h3-4,7,9,14,17H,5-6,8H2,1-2H3,(H,22,23)(H,24,28). The van der Waals surface area contributed by atoms with Crippen molar-refractivity contribution >= 4 is 29.6 Å². The molecule has 1 aliphatic heterocycles. The van der Waals surface area contributed by atoms with Gasteiger partial charge in [0, 0.05) is 29.2 Å². The number of carbonyl (C=O) groups excluding carboxylic acids is 3. The van der Waals surface area contributed by atoms with E-state index < -0.39 is 42.3 Å². The lowest BCUT2D eigenvalue weighted by atomic mass is 9.95. The van der Waals surface area contributed by atoms with E-state index in [-0.39, 0.29) is 17.1 Å². The van der Waals surface area contributed by atoms with E-state index in [9.17, 15) is 18.8 Å². The molecule has 9 nitrogen and oxygen atoms in total. The number of methoxy groups -OCH3 is 2. The van der Waals surface area contributed by atoms with Crippen molar-refractivity contribution in [2.24, 2.45) is 0 Å². The minimum atomic E-state index is -1.26. The fraction of sp³-hybridized carbons (Fsp3) is 0.368. The summed E-state index contributed by atoms with van der Waals surface area (Å²) in [4.78, 5) is 45.3. The van der Waals surface area contributed by atoms with E-state index in [0.29, 0.717) is 12.1 Å². The Kier molecular flexibility index (Phi) is 6.56. The summed E-state index contributed by atoms with van der Waals surface area (Å²) in [6.45, 7) is 0.222. The molecule has 1 aliphatic rings. The van der Waals surface area contributed by atoms with E-state index in [1.807, 2.05) is 0 Å². The Morgan fingerprint density at radius 2 is 2.13 bits per heavy atom. The lowest BCUT2D eigenvalue weighted by Crippen LogP contribution is -2.52. The largest absolute Gasteiger partial charge is 0.469 e. The van der Waals surface area contributed by atoms with Crippen LogP contribution in [0.1, 0.15) is 29.4 Å². The molecule has 0 spiro atoms. The first kappa shape index (κ1) is 21.6. The summed E-state index contributed by atoms with van der Waals surface area (Å²) in [6, 6.07) is 1.37. The molecular weight excluding hydrogens is 419 g/mol. The maximum atomic E-state index is 14.7. The molecule has 1 aromatic heterocycles. The van der Waals surface area contributed by atoms with Gasteiger partial charge in [-0.15, -0.1) is 0 Å². The maximum Gasteiger partial charge on any atom is 0.329 e. The summed E-state index contributed by atoms with van der Waals surface area (Å²) in [5, 5.41) is 2.70. The zero-order valence-electron chi connectivity index (χ0n) is 16.3. The second kappa shape index (κ2) is 9.12. The van der Waals surface area contributed by atoms with Crippen molar-refractivity contribution in [2.45, 2.75) is 24.9 Å². The highest BCUT2D eigenvalue weighted by molar-refractivity contribution is 6.30. The molecule has 2 heterocycles. The van der Waals surface area contributed by atoms with E-state index in [4.69, 9.17) is 11.6 Å². The van der Waals surface area contributed by atoms with Gasteiger partial charge in [0.2, 0.25) is 0 Å². The number of esters is 2. The number of nitrogens with one attached hydrogen (secondary N) is 2. The van der Waals surface area contributed by atoms with Crippen molar-refractivity contribution in [1.82, 2.24) is 20.2 Å². The number of amides is 2. The highest BCUT2D eigenvalue weighted by atomic mass is 35.5. The fourth-order valence-electron chi connectivity index (χ4n) is 3.35. The number of hydrogen-bond acceptors (Lipinski definition) is 6. The third-order valence-corrected chi connectivity index (χ3v) is 5.06. The lowest BCUT2D eigenvalue weighted by molar-refractivity contribution is -0.149. The number of urea groups is 1. The Labute approximate surface area is 176 Å². The van der Waals surface area contributed by atoms with E-state index >= 15 is 0 Å². The third kappa shape index (κ3) is 4.38. The second-order valence-corrected chi connectivity index (χ2v) is 7.02. The number of H-pyrrole nitrogens is 1. The van der Waals surface area contributed by atoms with Gasteiger partial charge < -0.3 is 24.7 Å². The SMILES string of the molecule is COC(=O)CC(NC(=O)N1CCc2[nH]cnc2C1c1ccc(Cl)cc1F)C(=O)OC. The molecule has 3 rings (SSSR count). The van der Waals surface area contributed by atoms with Crippen molar-refractivity contribution in [3.8, 4) is 0 Å². The van der Waals surface area contributed by atoms with Gasteiger partial charge in [0.15, 0.2) is 0 Å². The monoisotopic (exact) mass is 438 g/mol. The lowest BCUT2D eigenvalue weighted by Gasteiger charge is -2.36. The number of ether oxygens (including phenoxy) is 2. The Hall–Kier alpha value is -3.14. The predicted molar refractivity (Wildman–Crippen MR) is 103 cm³/mol. The first-order chi connectivity index (χ1) is 14.3. The van der Waals surface area contributed by atoms with E-state index in [1.54, 1.807) is 0 Å². The zero-order valence-corrected chi connectivity index (χ0v) is 17.0. The number of halogens is 2. The first-order valence-electron chi connectivity index (χ1n) is 9.04. The number of rotatable bonds is 5. The average Bonchev–Trinajstić information content (AvgIpc) is 3.21. The third-order valence-electron chi connectivity index (χ3n) is 4.82. The molecule has 0 fully saturated rings. The van der Waals surface area contributed by atoms with Crippen molar-refractivity contribution in [2.75, 3.05) is 20.8 Å². The molecule has 1 aromatic carbocycles. The molecule has 2 N–H and O–H groups in total. The highest BCUT2D eigenvalue weighted by Gasteiger charge is 2.37. The Bertz CT molecular complexity index is 966. The average molecular weight is 439 g/mol. The minimum absolute atomic E-state index is 0.199. The summed E-state index contributed by atoms with van der Waals surface area (Å²) < 4.78 is 23.9. The van der Waals surface area contributed by atoms with Gasteiger partial charge in [-0.25, -0.2) is 19.0 Å². The quantitative estimate of drug-likeness (QED) is 0.690. The van der Waals surface area contributed by atoms with Gasteiger partial charge in [0.25, 0.3) is 0 Å². The summed E-state index contributed by atoms with van der Waals surface area (Å²) in [5.41, 5.74) is 1.46. The molecule has 0 radical (unpaired) electrons. The van der Waals surface area contributed by atoms with E-state index in [2.05, 4.69) is 24.8 Å². The summed E-state index contributed by atoms with van der Waals surface area (Å²) in [7, 11) is 2.31. The van der Waals surface area contributed by atoms with Crippen LogP contribution in [0.15, 0.2) is 24.5 Å². The summed E-state index contributed by atoms with van der Waals surface area (Å²) >= 11 is 5.87. The normalized spacial score (nSPS) is 16.4. The number of benzene rings is 1. The van der Waals surface area contributed by atoms with Crippen LogP contribution in [0, 0.1) is 5.82 Å². The number of aromatic nitrogens is 2.